The zero-order valence-electron chi connectivity index (χ0n) is 14.2. The molecular weight excluding hydrogens is 326 g/mol. The highest BCUT2D eigenvalue weighted by molar-refractivity contribution is 6.30. The molecule has 0 unspecified atom stereocenters. The predicted molar refractivity (Wildman–Crippen MR) is 93.8 cm³/mol. The van der Waals surface area contributed by atoms with Gasteiger partial charge in [0, 0.05) is 24.0 Å². The van der Waals surface area contributed by atoms with E-state index in [9.17, 15) is 4.79 Å². The molecule has 0 bridgehead atoms. The zero-order valence-corrected chi connectivity index (χ0v) is 14.9. The van der Waals surface area contributed by atoms with Gasteiger partial charge < -0.3 is 10.1 Å². The van der Waals surface area contributed by atoms with Crippen molar-refractivity contribution >= 4 is 17.5 Å². The lowest BCUT2D eigenvalue weighted by atomic mass is 9.94. The van der Waals surface area contributed by atoms with E-state index in [0.717, 1.165) is 24.3 Å². The van der Waals surface area contributed by atoms with Gasteiger partial charge >= 0.3 is 0 Å². The normalized spacial score (nSPS) is 20.2. The molecule has 1 N–H and O–H groups in total. The van der Waals surface area contributed by atoms with Gasteiger partial charge in [0.05, 0.1) is 12.8 Å². The number of ether oxygens (including phenoxy) is 1. The lowest BCUT2D eigenvalue weighted by Gasteiger charge is -2.21. The van der Waals surface area contributed by atoms with Crippen LogP contribution < -0.4 is 10.1 Å². The highest BCUT2D eigenvalue weighted by Crippen LogP contribution is 2.35. The Morgan fingerprint density at radius 1 is 1.33 bits per heavy atom. The molecule has 0 aliphatic heterocycles. The van der Waals surface area contributed by atoms with Crippen LogP contribution in [0.3, 0.4) is 0 Å². The van der Waals surface area contributed by atoms with Crippen LogP contribution in [-0.2, 0) is 7.05 Å². The number of halogens is 1. The average Bonchev–Trinajstić information content (AvgIpc) is 3.11. The number of nitrogens with zero attached hydrogens (tertiary/aromatic N) is 2. The SMILES string of the molecule is COc1c(C(=O)N[C@H]2CCC[C@H]2c2ccc(Cl)cc2)c(C)nn1C. The molecule has 6 heteroatoms. The fourth-order valence-corrected chi connectivity index (χ4v) is 3.74. The Morgan fingerprint density at radius 2 is 2.04 bits per heavy atom. The molecule has 128 valence electrons. The fraction of sp³-hybridized carbons (Fsp3) is 0.444. The van der Waals surface area contributed by atoms with Crippen molar-refractivity contribution in [3.05, 3.63) is 46.1 Å². The van der Waals surface area contributed by atoms with Gasteiger partial charge in [0.2, 0.25) is 5.88 Å². The summed E-state index contributed by atoms with van der Waals surface area (Å²) in [6.45, 7) is 1.82. The van der Waals surface area contributed by atoms with Gasteiger partial charge in [0.25, 0.3) is 5.91 Å². The summed E-state index contributed by atoms with van der Waals surface area (Å²) in [5, 5.41) is 8.19. The standard InChI is InChI=1S/C18H22ClN3O2/c1-11-16(18(24-3)22(2)21-11)17(23)20-15-6-4-5-14(15)12-7-9-13(19)10-8-12/h7-10,14-15H,4-6H2,1-3H3,(H,20,23)/t14-,15-/m0/s1. The van der Waals surface area contributed by atoms with Crippen LogP contribution in [0.15, 0.2) is 24.3 Å². The maximum atomic E-state index is 12.8. The molecule has 2 aromatic rings. The topological polar surface area (TPSA) is 56.1 Å². The van der Waals surface area contributed by atoms with Crippen molar-refractivity contribution in [1.82, 2.24) is 15.1 Å². The largest absolute Gasteiger partial charge is 0.481 e. The van der Waals surface area contributed by atoms with E-state index in [2.05, 4.69) is 10.4 Å². The number of carbonyl (C=O) groups excluding carboxylic acids is 1. The van der Waals surface area contributed by atoms with Crippen molar-refractivity contribution in [2.24, 2.45) is 7.05 Å². The second-order valence-electron chi connectivity index (χ2n) is 6.26. The molecular formula is C18H22ClN3O2. The number of benzene rings is 1. The third-order valence-electron chi connectivity index (χ3n) is 4.72. The van der Waals surface area contributed by atoms with Crippen LogP contribution >= 0.6 is 11.6 Å². The van der Waals surface area contributed by atoms with Crippen LogP contribution in [0.5, 0.6) is 5.88 Å². The molecule has 24 heavy (non-hydrogen) atoms. The smallest absolute Gasteiger partial charge is 0.258 e. The molecule has 5 nitrogen and oxygen atoms in total. The lowest BCUT2D eigenvalue weighted by molar-refractivity contribution is 0.0930. The van der Waals surface area contributed by atoms with Crippen LogP contribution in [0.4, 0.5) is 0 Å². The summed E-state index contributed by atoms with van der Waals surface area (Å²) in [4.78, 5) is 12.8. The van der Waals surface area contributed by atoms with Gasteiger partial charge in [0.15, 0.2) is 0 Å². The van der Waals surface area contributed by atoms with E-state index in [-0.39, 0.29) is 11.9 Å². The Balaban J connectivity index is 1.80. The number of nitrogens with one attached hydrogen (secondary N) is 1. The van der Waals surface area contributed by atoms with Crippen LogP contribution in [-0.4, -0.2) is 28.8 Å². The van der Waals surface area contributed by atoms with Crippen molar-refractivity contribution in [2.45, 2.75) is 38.1 Å². The summed E-state index contributed by atoms with van der Waals surface area (Å²) in [5.74, 6) is 0.684. The van der Waals surface area contributed by atoms with E-state index in [4.69, 9.17) is 16.3 Å². The van der Waals surface area contributed by atoms with Crippen molar-refractivity contribution in [2.75, 3.05) is 7.11 Å². The van der Waals surface area contributed by atoms with Gasteiger partial charge in [-0.05, 0) is 37.5 Å². The van der Waals surface area contributed by atoms with Crippen LogP contribution in [0.1, 0.15) is 46.8 Å². The van der Waals surface area contributed by atoms with Crippen LogP contribution in [0, 0.1) is 6.92 Å². The molecule has 1 fully saturated rings. The number of hydrogen-bond acceptors (Lipinski definition) is 3. The predicted octanol–water partition coefficient (Wildman–Crippen LogP) is 3.46. The monoisotopic (exact) mass is 347 g/mol. The first-order chi connectivity index (χ1) is 11.5. The molecule has 1 saturated carbocycles. The number of amides is 1. The summed E-state index contributed by atoms with van der Waals surface area (Å²) in [5.41, 5.74) is 2.41. The van der Waals surface area contributed by atoms with Gasteiger partial charge in [0.1, 0.15) is 5.56 Å². The highest BCUT2D eigenvalue weighted by atomic mass is 35.5. The van der Waals surface area contributed by atoms with Gasteiger partial charge in [-0.15, -0.1) is 0 Å². The Morgan fingerprint density at radius 3 is 2.71 bits per heavy atom. The molecule has 1 amide bonds. The maximum Gasteiger partial charge on any atom is 0.258 e. The molecule has 1 aliphatic carbocycles. The van der Waals surface area contributed by atoms with Gasteiger partial charge in [-0.25, -0.2) is 4.68 Å². The molecule has 0 spiro atoms. The molecule has 1 aromatic carbocycles. The van der Waals surface area contributed by atoms with Gasteiger partial charge in [-0.3, -0.25) is 4.79 Å². The Hall–Kier alpha value is -2.01. The van der Waals surface area contributed by atoms with E-state index in [1.54, 1.807) is 18.8 Å². The number of hydrogen-bond donors (Lipinski definition) is 1. The summed E-state index contributed by atoms with van der Waals surface area (Å²) in [6, 6.07) is 8.02. The molecule has 1 aromatic heterocycles. The summed E-state index contributed by atoms with van der Waals surface area (Å²) in [7, 11) is 3.33. The van der Waals surface area contributed by atoms with Crippen molar-refractivity contribution in [3.8, 4) is 5.88 Å². The van der Waals surface area contributed by atoms with E-state index in [1.165, 1.54) is 5.56 Å². The van der Waals surface area contributed by atoms with E-state index < -0.39 is 0 Å². The van der Waals surface area contributed by atoms with Crippen molar-refractivity contribution in [3.63, 3.8) is 0 Å². The van der Waals surface area contributed by atoms with Crippen molar-refractivity contribution in [1.29, 1.82) is 0 Å². The second kappa shape index (κ2) is 6.85. The lowest BCUT2D eigenvalue weighted by Crippen LogP contribution is -2.36. The highest BCUT2D eigenvalue weighted by Gasteiger charge is 2.32. The zero-order chi connectivity index (χ0) is 17.3. The first kappa shape index (κ1) is 16.8. The summed E-state index contributed by atoms with van der Waals surface area (Å²) < 4.78 is 6.93. The molecule has 3 rings (SSSR count). The van der Waals surface area contributed by atoms with Crippen molar-refractivity contribution < 1.29 is 9.53 Å². The number of rotatable bonds is 4. The minimum atomic E-state index is -0.122. The maximum absolute atomic E-state index is 12.8. The quantitative estimate of drug-likeness (QED) is 0.921. The first-order valence-electron chi connectivity index (χ1n) is 8.15. The third kappa shape index (κ3) is 3.13. The minimum Gasteiger partial charge on any atom is -0.481 e. The Bertz CT molecular complexity index is 739. The first-order valence-corrected chi connectivity index (χ1v) is 8.53. The second-order valence-corrected chi connectivity index (χ2v) is 6.70. The molecule has 0 radical (unpaired) electrons. The van der Waals surface area contributed by atoms with Gasteiger partial charge in [-0.1, -0.05) is 30.2 Å². The van der Waals surface area contributed by atoms with E-state index in [1.807, 2.05) is 31.2 Å². The fourth-order valence-electron chi connectivity index (χ4n) is 3.61. The summed E-state index contributed by atoms with van der Waals surface area (Å²) in [6.07, 6.45) is 3.14. The number of carbonyl (C=O) groups is 1. The molecule has 1 heterocycles. The average molecular weight is 348 g/mol. The Kier molecular flexibility index (Phi) is 4.81. The van der Waals surface area contributed by atoms with E-state index in [0.29, 0.717) is 23.1 Å². The number of aromatic nitrogens is 2. The molecule has 1 aliphatic rings. The van der Waals surface area contributed by atoms with Crippen LogP contribution in [0.2, 0.25) is 5.02 Å². The molecule has 0 saturated heterocycles. The number of aryl methyl sites for hydroxylation is 2. The van der Waals surface area contributed by atoms with Gasteiger partial charge in [-0.2, -0.15) is 5.10 Å². The molecule has 2 atom stereocenters. The number of methoxy groups -OCH3 is 1. The third-order valence-corrected chi connectivity index (χ3v) is 4.97. The minimum absolute atomic E-state index is 0.114. The van der Waals surface area contributed by atoms with Crippen LogP contribution in [0.25, 0.3) is 0 Å². The summed E-state index contributed by atoms with van der Waals surface area (Å²) >= 11 is 5.98. The Labute approximate surface area is 147 Å². The van der Waals surface area contributed by atoms with E-state index >= 15 is 0 Å².